The van der Waals surface area contributed by atoms with Gasteiger partial charge in [-0.15, -0.1) is 0 Å². The molecule has 2 aromatic rings. The molecule has 0 aliphatic heterocycles. The fourth-order valence-corrected chi connectivity index (χ4v) is 1.45. The minimum Gasteiger partial charge on any atom is -0.497 e. The van der Waals surface area contributed by atoms with Crippen molar-refractivity contribution in [2.24, 2.45) is 5.73 Å². The lowest BCUT2D eigenvalue weighted by molar-refractivity contribution is 0.394. The van der Waals surface area contributed by atoms with E-state index in [9.17, 15) is 0 Å². The predicted molar refractivity (Wildman–Crippen MR) is 62.8 cm³/mol. The summed E-state index contributed by atoms with van der Waals surface area (Å²) in [5, 5.41) is 6.84. The molecule has 6 heteroatoms. The summed E-state index contributed by atoms with van der Waals surface area (Å²) in [6.45, 7) is 0.327. The Labute approximate surface area is 98.8 Å². The number of ether oxygens (including phenoxy) is 2. The van der Waals surface area contributed by atoms with E-state index in [1.54, 1.807) is 20.3 Å². The number of hydrogen-bond donors (Lipinski definition) is 2. The van der Waals surface area contributed by atoms with Gasteiger partial charge in [0, 0.05) is 11.6 Å². The van der Waals surface area contributed by atoms with Gasteiger partial charge in [-0.2, -0.15) is 5.10 Å². The van der Waals surface area contributed by atoms with E-state index in [0.29, 0.717) is 29.7 Å². The van der Waals surface area contributed by atoms with Crippen LogP contribution in [-0.4, -0.2) is 29.4 Å². The van der Waals surface area contributed by atoms with Gasteiger partial charge in [0.2, 0.25) is 0 Å². The van der Waals surface area contributed by atoms with Gasteiger partial charge < -0.3 is 15.2 Å². The van der Waals surface area contributed by atoms with Crippen molar-refractivity contribution in [1.29, 1.82) is 0 Å². The summed E-state index contributed by atoms with van der Waals surface area (Å²) < 4.78 is 10.4. The fraction of sp³-hybridized carbons (Fsp3) is 0.273. The number of hydrogen-bond acceptors (Lipinski definition) is 5. The van der Waals surface area contributed by atoms with Gasteiger partial charge in [-0.1, -0.05) is 0 Å². The zero-order chi connectivity index (χ0) is 12.3. The molecule has 0 amide bonds. The van der Waals surface area contributed by atoms with Crippen molar-refractivity contribution in [2.75, 3.05) is 14.2 Å². The standard InChI is InChI=1S/C11H14N4O2/c1-16-8-3-7(4-9(5-8)17-2)11-13-10(6-12)14-15-11/h3-5H,6,12H2,1-2H3,(H,13,14,15). The van der Waals surface area contributed by atoms with E-state index in [-0.39, 0.29) is 0 Å². The molecule has 17 heavy (non-hydrogen) atoms. The number of H-pyrrole nitrogens is 1. The van der Waals surface area contributed by atoms with E-state index < -0.39 is 0 Å². The number of aromatic amines is 1. The van der Waals surface area contributed by atoms with Crippen molar-refractivity contribution in [3.05, 3.63) is 24.0 Å². The van der Waals surface area contributed by atoms with Crippen LogP contribution in [0.1, 0.15) is 5.82 Å². The second kappa shape index (κ2) is 4.84. The van der Waals surface area contributed by atoms with Crippen LogP contribution in [0, 0.1) is 0 Å². The van der Waals surface area contributed by atoms with Gasteiger partial charge >= 0.3 is 0 Å². The van der Waals surface area contributed by atoms with E-state index in [1.807, 2.05) is 12.1 Å². The topological polar surface area (TPSA) is 86.0 Å². The maximum Gasteiger partial charge on any atom is 0.181 e. The number of aromatic nitrogens is 3. The maximum atomic E-state index is 5.47. The third kappa shape index (κ3) is 2.36. The van der Waals surface area contributed by atoms with Crippen molar-refractivity contribution in [1.82, 2.24) is 15.2 Å². The van der Waals surface area contributed by atoms with E-state index in [0.717, 1.165) is 5.56 Å². The number of nitrogens with zero attached hydrogens (tertiary/aromatic N) is 2. The lowest BCUT2D eigenvalue weighted by Crippen LogP contribution is -1.98. The molecule has 0 aliphatic rings. The van der Waals surface area contributed by atoms with Crippen LogP contribution < -0.4 is 15.2 Å². The van der Waals surface area contributed by atoms with Crippen LogP contribution in [0.4, 0.5) is 0 Å². The van der Waals surface area contributed by atoms with Crippen LogP contribution in [0.25, 0.3) is 11.4 Å². The number of rotatable bonds is 4. The molecule has 1 aromatic heterocycles. The average Bonchev–Trinajstić information content (AvgIpc) is 2.86. The Kier molecular flexibility index (Phi) is 3.24. The normalized spacial score (nSPS) is 10.3. The van der Waals surface area contributed by atoms with Crippen LogP contribution in [0.3, 0.4) is 0 Å². The zero-order valence-corrected chi connectivity index (χ0v) is 9.73. The first-order valence-corrected chi connectivity index (χ1v) is 5.11. The molecule has 0 bridgehead atoms. The zero-order valence-electron chi connectivity index (χ0n) is 9.73. The highest BCUT2D eigenvalue weighted by Gasteiger charge is 2.08. The van der Waals surface area contributed by atoms with Gasteiger partial charge in [0.15, 0.2) is 5.82 Å². The van der Waals surface area contributed by atoms with Crippen LogP contribution in [-0.2, 0) is 6.54 Å². The Balaban J connectivity index is 2.43. The summed E-state index contributed by atoms with van der Waals surface area (Å²) in [7, 11) is 3.20. The first-order chi connectivity index (χ1) is 8.26. The molecular formula is C11H14N4O2. The Hall–Kier alpha value is -2.08. The molecular weight excluding hydrogens is 220 g/mol. The molecule has 0 spiro atoms. The van der Waals surface area contributed by atoms with Crippen LogP contribution in [0.15, 0.2) is 18.2 Å². The highest BCUT2D eigenvalue weighted by Crippen LogP contribution is 2.27. The van der Waals surface area contributed by atoms with E-state index >= 15 is 0 Å². The quantitative estimate of drug-likeness (QED) is 0.822. The van der Waals surface area contributed by atoms with Crippen LogP contribution in [0.5, 0.6) is 11.5 Å². The lowest BCUT2D eigenvalue weighted by Gasteiger charge is -2.05. The highest BCUT2D eigenvalue weighted by molar-refractivity contribution is 5.60. The van der Waals surface area contributed by atoms with E-state index in [2.05, 4.69) is 15.2 Å². The molecule has 3 N–H and O–H groups in total. The molecule has 0 saturated carbocycles. The summed E-state index contributed by atoms with van der Waals surface area (Å²) in [6, 6.07) is 5.47. The molecule has 6 nitrogen and oxygen atoms in total. The summed E-state index contributed by atoms with van der Waals surface area (Å²) in [5.74, 6) is 2.60. The largest absolute Gasteiger partial charge is 0.497 e. The lowest BCUT2D eigenvalue weighted by atomic mass is 10.2. The highest BCUT2D eigenvalue weighted by atomic mass is 16.5. The second-order valence-corrected chi connectivity index (χ2v) is 3.41. The van der Waals surface area contributed by atoms with Gasteiger partial charge in [-0.05, 0) is 12.1 Å². The second-order valence-electron chi connectivity index (χ2n) is 3.41. The van der Waals surface area contributed by atoms with Gasteiger partial charge in [-0.3, -0.25) is 5.10 Å². The summed E-state index contributed by atoms with van der Waals surface area (Å²) in [4.78, 5) is 4.25. The fourth-order valence-electron chi connectivity index (χ4n) is 1.45. The molecule has 0 fully saturated rings. The van der Waals surface area contributed by atoms with Gasteiger partial charge in [0.25, 0.3) is 0 Å². The summed E-state index contributed by atoms with van der Waals surface area (Å²) in [5.41, 5.74) is 6.29. The summed E-state index contributed by atoms with van der Waals surface area (Å²) in [6.07, 6.45) is 0. The Morgan fingerprint density at radius 3 is 2.29 bits per heavy atom. The number of methoxy groups -OCH3 is 2. The molecule has 90 valence electrons. The Bertz CT molecular complexity index is 488. The molecule has 0 atom stereocenters. The first kappa shape index (κ1) is 11.4. The Morgan fingerprint density at radius 1 is 1.18 bits per heavy atom. The first-order valence-electron chi connectivity index (χ1n) is 5.11. The van der Waals surface area contributed by atoms with Gasteiger partial charge in [-0.25, -0.2) is 4.98 Å². The third-order valence-electron chi connectivity index (χ3n) is 2.33. The molecule has 1 heterocycles. The number of nitrogens with two attached hydrogens (primary N) is 1. The van der Waals surface area contributed by atoms with Gasteiger partial charge in [0.05, 0.1) is 20.8 Å². The molecule has 0 aliphatic carbocycles. The average molecular weight is 234 g/mol. The van der Waals surface area contributed by atoms with Crippen molar-refractivity contribution < 1.29 is 9.47 Å². The molecule has 0 unspecified atom stereocenters. The molecule has 1 aromatic carbocycles. The Morgan fingerprint density at radius 2 is 1.82 bits per heavy atom. The van der Waals surface area contributed by atoms with Crippen LogP contribution >= 0.6 is 0 Å². The summed E-state index contributed by atoms with van der Waals surface area (Å²) >= 11 is 0. The minimum atomic E-state index is 0.327. The van der Waals surface area contributed by atoms with Gasteiger partial charge in [0.1, 0.15) is 17.3 Å². The maximum absolute atomic E-state index is 5.47. The van der Waals surface area contributed by atoms with Crippen molar-refractivity contribution >= 4 is 0 Å². The molecule has 0 radical (unpaired) electrons. The number of nitrogens with one attached hydrogen (secondary N) is 1. The SMILES string of the molecule is COc1cc(OC)cc(-c2n[nH]c(CN)n2)c1. The minimum absolute atomic E-state index is 0.327. The molecule has 2 rings (SSSR count). The third-order valence-corrected chi connectivity index (χ3v) is 2.33. The van der Waals surface area contributed by atoms with Crippen molar-refractivity contribution in [2.45, 2.75) is 6.54 Å². The predicted octanol–water partition coefficient (Wildman–Crippen LogP) is 0.948. The molecule has 0 saturated heterocycles. The monoisotopic (exact) mass is 234 g/mol. The van der Waals surface area contributed by atoms with Crippen LogP contribution in [0.2, 0.25) is 0 Å². The smallest absolute Gasteiger partial charge is 0.181 e. The van der Waals surface area contributed by atoms with Crippen molar-refractivity contribution in [3.8, 4) is 22.9 Å². The van der Waals surface area contributed by atoms with Crippen molar-refractivity contribution in [3.63, 3.8) is 0 Å². The van der Waals surface area contributed by atoms with E-state index in [4.69, 9.17) is 15.2 Å². The number of benzene rings is 1. The van der Waals surface area contributed by atoms with E-state index in [1.165, 1.54) is 0 Å².